The summed E-state index contributed by atoms with van der Waals surface area (Å²) >= 11 is 0. The Morgan fingerprint density at radius 3 is 2.54 bits per heavy atom. The van der Waals surface area contributed by atoms with E-state index in [1.54, 1.807) is 6.92 Å². The zero-order valence-corrected chi connectivity index (χ0v) is 8.20. The van der Waals surface area contributed by atoms with Gasteiger partial charge in [-0.1, -0.05) is 36.4 Å². The average molecular weight is 176 g/mol. The summed E-state index contributed by atoms with van der Waals surface area (Å²) in [5.74, 6) is 0. The van der Waals surface area contributed by atoms with Gasteiger partial charge in [0.15, 0.2) is 0 Å². The summed E-state index contributed by atoms with van der Waals surface area (Å²) in [7, 11) is 0. The van der Waals surface area contributed by atoms with Gasteiger partial charge in [0.05, 0.1) is 6.10 Å². The van der Waals surface area contributed by atoms with Gasteiger partial charge in [-0.15, -0.1) is 0 Å². The van der Waals surface area contributed by atoms with Crippen LogP contribution in [0.5, 0.6) is 0 Å². The van der Waals surface area contributed by atoms with Gasteiger partial charge in [-0.25, -0.2) is 0 Å². The van der Waals surface area contributed by atoms with E-state index < -0.39 is 0 Å². The van der Waals surface area contributed by atoms with Crippen LogP contribution in [-0.2, 0) is 6.42 Å². The Kier molecular flexibility index (Phi) is 3.71. The molecule has 0 aliphatic heterocycles. The predicted molar refractivity (Wildman–Crippen MR) is 55.6 cm³/mol. The highest BCUT2D eigenvalue weighted by molar-refractivity contribution is 5.19. The highest BCUT2D eigenvalue weighted by Crippen LogP contribution is 2.05. The number of rotatable bonds is 3. The van der Waals surface area contributed by atoms with Crippen molar-refractivity contribution >= 4 is 0 Å². The molecule has 0 fully saturated rings. The van der Waals surface area contributed by atoms with Gasteiger partial charge in [0.2, 0.25) is 0 Å². The number of aliphatic hydroxyl groups excluding tert-OH is 1. The maximum atomic E-state index is 9.23. The Bertz CT molecular complexity index is 272. The topological polar surface area (TPSA) is 20.2 Å². The van der Waals surface area contributed by atoms with Crippen molar-refractivity contribution in [2.75, 3.05) is 0 Å². The minimum absolute atomic E-state index is 0.330. The van der Waals surface area contributed by atoms with Crippen molar-refractivity contribution in [3.05, 3.63) is 47.5 Å². The summed E-state index contributed by atoms with van der Waals surface area (Å²) in [5.41, 5.74) is 2.31. The molecule has 1 aromatic carbocycles. The lowest BCUT2D eigenvalue weighted by Crippen LogP contribution is -2.01. The Morgan fingerprint density at radius 1 is 1.38 bits per heavy atom. The van der Waals surface area contributed by atoms with Crippen LogP contribution in [0.4, 0.5) is 0 Å². The second kappa shape index (κ2) is 4.83. The van der Waals surface area contributed by atoms with Crippen molar-refractivity contribution in [1.82, 2.24) is 0 Å². The number of allylic oxidation sites excluding steroid dienone is 1. The first-order valence-corrected chi connectivity index (χ1v) is 4.59. The van der Waals surface area contributed by atoms with E-state index in [9.17, 15) is 5.11 Å². The third-order valence-corrected chi connectivity index (χ3v) is 2.16. The Labute approximate surface area is 79.7 Å². The van der Waals surface area contributed by atoms with Crippen LogP contribution in [0.1, 0.15) is 19.4 Å². The first-order chi connectivity index (χ1) is 6.20. The molecule has 1 heteroatoms. The van der Waals surface area contributed by atoms with Gasteiger partial charge in [-0.3, -0.25) is 0 Å². The molecule has 1 atom stereocenters. The fourth-order valence-corrected chi connectivity index (χ4v) is 1.06. The predicted octanol–water partition coefficient (Wildman–Crippen LogP) is 2.56. The minimum Gasteiger partial charge on any atom is -0.389 e. The minimum atomic E-state index is -0.330. The lowest BCUT2D eigenvalue weighted by Gasteiger charge is -2.03. The second-order valence-corrected chi connectivity index (χ2v) is 3.31. The summed E-state index contributed by atoms with van der Waals surface area (Å²) in [6, 6.07) is 10.2. The van der Waals surface area contributed by atoms with Crippen molar-refractivity contribution in [2.45, 2.75) is 26.4 Å². The van der Waals surface area contributed by atoms with E-state index in [0.717, 1.165) is 12.0 Å². The molecule has 1 unspecified atom stereocenters. The van der Waals surface area contributed by atoms with Crippen molar-refractivity contribution in [3.8, 4) is 0 Å². The molecule has 1 rings (SSSR count). The van der Waals surface area contributed by atoms with Gasteiger partial charge in [0.1, 0.15) is 0 Å². The maximum absolute atomic E-state index is 9.23. The summed E-state index contributed by atoms with van der Waals surface area (Å²) in [5, 5.41) is 9.23. The largest absolute Gasteiger partial charge is 0.389 e. The summed E-state index contributed by atoms with van der Waals surface area (Å²) in [6.07, 6.45) is 2.64. The molecule has 0 saturated carbocycles. The summed E-state index contributed by atoms with van der Waals surface area (Å²) in [6.45, 7) is 3.74. The Balaban J connectivity index is 2.57. The third kappa shape index (κ3) is 3.43. The van der Waals surface area contributed by atoms with Crippen LogP contribution in [-0.4, -0.2) is 11.2 Å². The van der Waals surface area contributed by atoms with Crippen LogP contribution in [0.3, 0.4) is 0 Å². The standard InChI is InChI=1S/C12H16O/c1-10(11(2)13)8-9-12-6-4-3-5-7-12/h3-8,11,13H,9H2,1-2H3/b10-8+. The zero-order valence-electron chi connectivity index (χ0n) is 8.20. The summed E-state index contributed by atoms with van der Waals surface area (Å²) < 4.78 is 0. The highest BCUT2D eigenvalue weighted by atomic mass is 16.3. The number of hydrogen-bond donors (Lipinski definition) is 1. The molecule has 1 N–H and O–H groups in total. The second-order valence-electron chi connectivity index (χ2n) is 3.31. The fraction of sp³-hybridized carbons (Fsp3) is 0.333. The molecule has 1 nitrogen and oxygen atoms in total. The lowest BCUT2D eigenvalue weighted by atomic mass is 10.1. The van der Waals surface area contributed by atoms with Gasteiger partial charge < -0.3 is 5.11 Å². The van der Waals surface area contributed by atoms with E-state index in [4.69, 9.17) is 0 Å². The molecule has 0 radical (unpaired) electrons. The molecule has 0 bridgehead atoms. The zero-order chi connectivity index (χ0) is 9.68. The SMILES string of the molecule is C/C(=C\Cc1ccccc1)C(C)O. The molecule has 0 amide bonds. The molecule has 0 spiro atoms. The van der Waals surface area contributed by atoms with Gasteiger partial charge in [-0.2, -0.15) is 0 Å². The van der Waals surface area contributed by atoms with E-state index in [-0.39, 0.29) is 6.10 Å². The smallest absolute Gasteiger partial charge is 0.0719 e. The molecule has 0 aliphatic carbocycles. The molecular weight excluding hydrogens is 160 g/mol. The van der Waals surface area contributed by atoms with Crippen molar-refractivity contribution in [1.29, 1.82) is 0 Å². The monoisotopic (exact) mass is 176 g/mol. The Morgan fingerprint density at radius 2 is 2.00 bits per heavy atom. The van der Waals surface area contributed by atoms with E-state index in [1.807, 2.05) is 25.1 Å². The van der Waals surface area contributed by atoms with Crippen molar-refractivity contribution in [2.24, 2.45) is 0 Å². The molecule has 0 aromatic heterocycles. The van der Waals surface area contributed by atoms with E-state index in [2.05, 4.69) is 18.2 Å². The van der Waals surface area contributed by atoms with Crippen LogP contribution >= 0.6 is 0 Å². The normalized spacial score (nSPS) is 14.2. The van der Waals surface area contributed by atoms with Gasteiger partial charge in [-0.05, 0) is 31.4 Å². The van der Waals surface area contributed by atoms with Gasteiger partial charge in [0.25, 0.3) is 0 Å². The van der Waals surface area contributed by atoms with Crippen LogP contribution in [0, 0.1) is 0 Å². The average Bonchev–Trinajstić information content (AvgIpc) is 2.15. The van der Waals surface area contributed by atoms with Gasteiger partial charge in [0, 0.05) is 0 Å². The van der Waals surface area contributed by atoms with Crippen LogP contribution < -0.4 is 0 Å². The van der Waals surface area contributed by atoms with E-state index >= 15 is 0 Å². The Hall–Kier alpha value is -1.08. The number of hydrogen-bond acceptors (Lipinski definition) is 1. The molecule has 1 aromatic rings. The molecular formula is C12H16O. The molecule has 0 heterocycles. The maximum Gasteiger partial charge on any atom is 0.0719 e. The van der Waals surface area contributed by atoms with Gasteiger partial charge >= 0.3 is 0 Å². The highest BCUT2D eigenvalue weighted by Gasteiger charge is 1.96. The number of aliphatic hydroxyl groups is 1. The quantitative estimate of drug-likeness (QED) is 0.702. The lowest BCUT2D eigenvalue weighted by molar-refractivity contribution is 0.231. The van der Waals surface area contributed by atoms with Crippen molar-refractivity contribution < 1.29 is 5.11 Å². The van der Waals surface area contributed by atoms with Crippen LogP contribution in [0.15, 0.2) is 42.0 Å². The molecule has 70 valence electrons. The fourth-order valence-electron chi connectivity index (χ4n) is 1.06. The van der Waals surface area contributed by atoms with E-state index in [1.165, 1.54) is 5.56 Å². The summed E-state index contributed by atoms with van der Waals surface area (Å²) in [4.78, 5) is 0. The molecule has 13 heavy (non-hydrogen) atoms. The van der Waals surface area contributed by atoms with Crippen LogP contribution in [0.25, 0.3) is 0 Å². The third-order valence-electron chi connectivity index (χ3n) is 2.16. The van der Waals surface area contributed by atoms with Crippen LogP contribution in [0.2, 0.25) is 0 Å². The number of benzene rings is 1. The molecule has 0 saturated heterocycles. The first-order valence-electron chi connectivity index (χ1n) is 4.59. The molecule has 0 aliphatic rings. The van der Waals surface area contributed by atoms with E-state index in [0.29, 0.717) is 0 Å². The van der Waals surface area contributed by atoms with Crippen molar-refractivity contribution in [3.63, 3.8) is 0 Å². The first kappa shape index (κ1) is 10.0.